The summed E-state index contributed by atoms with van der Waals surface area (Å²) < 4.78 is 7.50. The molecule has 17 heavy (non-hydrogen) atoms. The first-order chi connectivity index (χ1) is 8.25. The smallest absolute Gasteiger partial charge is 0.119 e. The van der Waals surface area contributed by atoms with Crippen LogP contribution in [0, 0.1) is 0 Å². The van der Waals surface area contributed by atoms with Gasteiger partial charge in [0.05, 0.1) is 6.54 Å². The Morgan fingerprint density at radius 2 is 2.29 bits per heavy atom. The molecule has 0 fully saturated rings. The Balaban J connectivity index is 1.88. The van der Waals surface area contributed by atoms with Gasteiger partial charge in [0, 0.05) is 18.4 Å². The molecular weight excluding hydrogens is 214 g/mol. The molecule has 0 aliphatic rings. The molecule has 0 aliphatic heterocycles. The molecule has 4 nitrogen and oxygen atoms in total. The molecule has 0 saturated heterocycles. The van der Waals surface area contributed by atoms with Crippen LogP contribution in [0.2, 0.25) is 0 Å². The molecule has 4 heteroatoms. The normalized spacial score (nSPS) is 12.4. The second-order valence-corrected chi connectivity index (χ2v) is 3.98. The van der Waals surface area contributed by atoms with Gasteiger partial charge >= 0.3 is 0 Å². The number of benzene rings is 1. The van der Waals surface area contributed by atoms with Crippen molar-refractivity contribution in [3.8, 4) is 5.75 Å². The van der Waals surface area contributed by atoms with E-state index in [9.17, 15) is 0 Å². The maximum atomic E-state index is 5.82. The molecule has 1 aromatic heterocycles. The standard InChI is InChI=1S/C13H17N3O/c1-11(14)12-4-2-5-13(10-12)17-9-8-16-7-3-6-15-16/h2-7,10-11H,8-9,14H2,1H3/t11-/m1/s1. The van der Waals surface area contributed by atoms with Crippen LogP contribution in [0.25, 0.3) is 0 Å². The van der Waals surface area contributed by atoms with E-state index in [2.05, 4.69) is 5.10 Å². The largest absolute Gasteiger partial charge is 0.492 e. The van der Waals surface area contributed by atoms with E-state index in [1.165, 1.54) is 0 Å². The summed E-state index contributed by atoms with van der Waals surface area (Å²) in [7, 11) is 0. The van der Waals surface area contributed by atoms with Crippen LogP contribution in [0.5, 0.6) is 5.75 Å². The van der Waals surface area contributed by atoms with Crippen LogP contribution in [-0.2, 0) is 6.54 Å². The van der Waals surface area contributed by atoms with Crippen LogP contribution in [-0.4, -0.2) is 16.4 Å². The number of ether oxygens (including phenoxy) is 1. The molecule has 90 valence electrons. The lowest BCUT2D eigenvalue weighted by Crippen LogP contribution is -2.09. The van der Waals surface area contributed by atoms with Gasteiger partial charge in [0.1, 0.15) is 12.4 Å². The van der Waals surface area contributed by atoms with Gasteiger partial charge in [-0.25, -0.2) is 0 Å². The summed E-state index contributed by atoms with van der Waals surface area (Å²) in [4.78, 5) is 0. The number of hydrogen-bond donors (Lipinski definition) is 1. The second-order valence-electron chi connectivity index (χ2n) is 3.98. The molecule has 0 unspecified atom stereocenters. The van der Waals surface area contributed by atoms with Crippen LogP contribution in [0.3, 0.4) is 0 Å². The van der Waals surface area contributed by atoms with Crippen molar-refractivity contribution in [2.24, 2.45) is 5.73 Å². The molecule has 0 radical (unpaired) electrons. The van der Waals surface area contributed by atoms with Crippen LogP contribution < -0.4 is 10.5 Å². The number of nitrogens with two attached hydrogens (primary N) is 1. The van der Waals surface area contributed by atoms with Crippen molar-refractivity contribution in [1.29, 1.82) is 0 Å². The van der Waals surface area contributed by atoms with Crippen LogP contribution in [0.1, 0.15) is 18.5 Å². The topological polar surface area (TPSA) is 53.1 Å². The third-order valence-corrected chi connectivity index (χ3v) is 2.53. The van der Waals surface area contributed by atoms with Crippen molar-refractivity contribution in [1.82, 2.24) is 9.78 Å². The highest BCUT2D eigenvalue weighted by atomic mass is 16.5. The summed E-state index contributed by atoms with van der Waals surface area (Å²) >= 11 is 0. The van der Waals surface area contributed by atoms with E-state index in [-0.39, 0.29) is 6.04 Å². The summed E-state index contributed by atoms with van der Waals surface area (Å²) in [6.45, 7) is 3.31. The van der Waals surface area contributed by atoms with E-state index >= 15 is 0 Å². The first kappa shape index (κ1) is 11.7. The first-order valence-electron chi connectivity index (χ1n) is 5.71. The average Bonchev–Trinajstić information content (AvgIpc) is 2.82. The molecule has 2 rings (SSSR count). The fraction of sp³-hybridized carbons (Fsp3) is 0.308. The SMILES string of the molecule is C[C@@H](N)c1cccc(OCCn2cccn2)c1. The number of hydrogen-bond acceptors (Lipinski definition) is 3. The van der Waals surface area contributed by atoms with Gasteiger partial charge in [-0.05, 0) is 30.7 Å². The predicted octanol–water partition coefficient (Wildman–Crippen LogP) is 1.98. The lowest BCUT2D eigenvalue weighted by atomic mass is 10.1. The van der Waals surface area contributed by atoms with Gasteiger partial charge < -0.3 is 10.5 Å². The number of rotatable bonds is 5. The van der Waals surface area contributed by atoms with E-state index in [0.717, 1.165) is 17.9 Å². The Hall–Kier alpha value is -1.81. The van der Waals surface area contributed by atoms with Crippen molar-refractivity contribution in [3.63, 3.8) is 0 Å². The van der Waals surface area contributed by atoms with E-state index in [1.807, 2.05) is 48.1 Å². The van der Waals surface area contributed by atoms with Gasteiger partial charge in [0.2, 0.25) is 0 Å². The number of nitrogens with zero attached hydrogens (tertiary/aromatic N) is 2. The fourth-order valence-electron chi connectivity index (χ4n) is 1.58. The minimum atomic E-state index is 0.0321. The minimum Gasteiger partial charge on any atom is -0.492 e. The van der Waals surface area contributed by atoms with Gasteiger partial charge in [-0.3, -0.25) is 4.68 Å². The second kappa shape index (κ2) is 5.50. The van der Waals surface area contributed by atoms with E-state index < -0.39 is 0 Å². The van der Waals surface area contributed by atoms with Crippen molar-refractivity contribution in [3.05, 3.63) is 48.3 Å². The van der Waals surface area contributed by atoms with Crippen molar-refractivity contribution < 1.29 is 4.74 Å². The average molecular weight is 231 g/mol. The summed E-state index contributed by atoms with van der Waals surface area (Å²) in [6.07, 6.45) is 3.68. The Labute approximate surface area is 101 Å². The first-order valence-corrected chi connectivity index (χ1v) is 5.71. The van der Waals surface area contributed by atoms with E-state index in [4.69, 9.17) is 10.5 Å². The molecule has 2 N–H and O–H groups in total. The Morgan fingerprint density at radius 1 is 1.41 bits per heavy atom. The highest BCUT2D eigenvalue weighted by molar-refractivity contribution is 5.30. The molecule has 0 amide bonds. The quantitative estimate of drug-likeness (QED) is 0.856. The molecule has 0 spiro atoms. The summed E-state index contributed by atoms with van der Waals surface area (Å²) in [5, 5.41) is 4.11. The zero-order chi connectivity index (χ0) is 12.1. The van der Waals surface area contributed by atoms with Crippen molar-refractivity contribution in [2.45, 2.75) is 19.5 Å². The zero-order valence-electron chi connectivity index (χ0n) is 9.91. The van der Waals surface area contributed by atoms with Gasteiger partial charge in [-0.2, -0.15) is 5.10 Å². The Morgan fingerprint density at radius 3 is 3.00 bits per heavy atom. The summed E-state index contributed by atoms with van der Waals surface area (Å²) in [5.41, 5.74) is 6.90. The van der Waals surface area contributed by atoms with E-state index in [1.54, 1.807) is 6.20 Å². The number of aromatic nitrogens is 2. The Kier molecular flexibility index (Phi) is 3.77. The minimum absolute atomic E-state index is 0.0321. The van der Waals surface area contributed by atoms with Gasteiger partial charge in [-0.15, -0.1) is 0 Å². The summed E-state index contributed by atoms with van der Waals surface area (Å²) in [5.74, 6) is 0.854. The van der Waals surface area contributed by atoms with Gasteiger partial charge in [-0.1, -0.05) is 12.1 Å². The lowest BCUT2D eigenvalue weighted by Gasteiger charge is -2.10. The molecule has 0 saturated carbocycles. The molecule has 2 aromatic rings. The molecule has 1 aromatic carbocycles. The lowest BCUT2D eigenvalue weighted by molar-refractivity contribution is 0.291. The summed E-state index contributed by atoms with van der Waals surface area (Å²) in [6, 6.07) is 9.82. The maximum Gasteiger partial charge on any atom is 0.119 e. The zero-order valence-corrected chi connectivity index (χ0v) is 9.91. The van der Waals surface area contributed by atoms with Gasteiger partial charge in [0.25, 0.3) is 0 Å². The highest BCUT2D eigenvalue weighted by Crippen LogP contribution is 2.17. The highest BCUT2D eigenvalue weighted by Gasteiger charge is 2.01. The third kappa shape index (κ3) is 3.32. The molecule has 0 bridgehead atoms. The molecule has 1 heterocycles. The molecule has 0 aliphatic carbocycles. The Bertz CT molecular complexity index is 451. The van der Waals surface area contributed by atoms with Gasteiger partial charge in [0.15, 0.2) is 0 Å². The maximum absolute atomic E-state index is 5.82. The predicted molar refractivity (Wildman–Crippen MR) is 66.8 cm³/mol. The van der Waals surface area contributed by atoms with Crippen LogP contribution >= 0.6 is 0 Å². The van der Waals surface area contributed by atoms with Crippen molar-refractivity contribution in [2.75, 3.05) is 6.61 Å². The van der Waals surface area contributed by atoms with Crippen molar-refractivity contribution >= 4 is 0 Å². The third-order valence-electron chi connectivity index (χ3n) is 2.53. The molecular formula is C13H17N3O. The molecule has 1 atom stereocenters. The fourth-order valence-corrected chi connectivity index (χ4v) is 1.58. The monoisotopic (exact) mass is 231 g/mol. The van der Waals surface area contributed by atoms with E-state index in [0.29, 0.717) is 6.61 Å². The van der Waals surface area contributed by atoms with Crippen LogP contribution in [0.4, 0.5) is 0 Å². The van der Waals surface area contributed by atoms with Crippen LogP contribution in [0.15, 0.2) is 42.7 Å².